The highest BCUT2D eigenvalue weighted by Gasteiger charge is 2.43. The molecule has 3 N–H and O–H groups in total. The average Bonchev–Trinajstić information content (AvgIpc) is 2.98. The number of aryl methyl sites for hydroxylation is 1. The zero-order chi connectivity index (χ0) is 13.9. The van der Waals surface area contributed by atoms with E-state index in [1.807, 2.05) is 6.92 Å². The first kappa shape index (κ1) is 13.6. The van der Waals surface area contributed by atoms with Gasteiger partial charge < -0.3 is 10.4 Å². The van der Waals surface area contributed by atoms with Gasteiger partial charge in [0.05, 0.1) is 5.41 Å². The van der Waals surface area contributed by atoms with Crippen molar-refractivity contribution in [2.75, 3.05) is 5.32 Å². The second kappa shape index (κ2) is 5.42. The maximum atomic E-state index is 11.9. The van der Waals surface area contributed by atoms with E-state index >= 15 is 0 Å². The van der Waals surface area contributed by atoms with Gasteiger partial charge in [-0.2, -0.15) is 5.10 Å². The number of carbonyl (C=O) groups excluding carboxylic acids is 1. The van der Waals surface area contributed by atoms with Crippen molar-refractivity contribution in [2.24, 2.45) is 5.41 Å². The number of H-pyrrole nitrogens is 1. The van der Waals surface area contributed by atoms with Crippen molar-refractivity contribution in [1.29, 1.82) is 0 Å². The van der Waals surface area contributed by atoms with E-state index in [0.717, 1.165) is 25.0 Å². The number of amides is 1. The van der Waals surface area contributed by atoms with Crippen LogP contribution in [-0.4, -0.2) is 27.2 Å². The highest BCUT2D eigenvalue weighted by atomic mass is 16.4. The van der Waals surface area contributed by atoms with Crippen LogP contribution in [0.2, 0.25) is 0 Å². The number of hydrogen-bond acceptors (Lipinski definition) is 3. The van der Waals surface area contributed by atoms with E-state index in [9.17, 15) is 14.7 Å². The molecule has 104 valence electrons. The van der Waals surface area contributed by atoms with Crippen LogP contribution in [-0.2, 0) is 16.0 Å². The highest BCUT2D eigenvalue weighted by molar-refractivity contribution is 5.93. The van der Waals surface area contributed by atoms with Crippen LogP contribution < -0.4 is 5.32 Å². The molecule has 0 bridgehead atoms. The quantitative estimate of drug-likeness (QED) is 0.758. The lowest BCUT2D eigenvalue weighted by atomic mass is 9.82. The molecule has 0 saturated heterocycles. The number of carboxylic acids is 1. The molecule has 6 nitrogen and oxygen atoms in total. The standard InChI is InChI=1S/C13H19N3O3/c1-2-9-7-10(16-15-9)14-11(17)8-13(12(18)19)5-3-4-6-13/h7H,2-6,8H2,1H3,(H,18,19)(H2,14,15,16,17). The molecular weight excluding hydrogens is 246 g/mol. The summed E-state index contributed by atoms with van der Waals surface area (Å²) < 4.78 is 0. The molecule has 6 heteroatoms. The van der Waals surface area contributed by atoms with Crippen LogP contribution in [0.1, 0.15) is 44.7 Å². The zero-order valence-corrected chi connectivity index (χ0v) is 11.0. The molecule has 1 saturated carbocycles. The number of aliphatic carboxylic acids is 1. The largest absolute Gasteiger partial charge is 0.481 e. The minimum Gasteiger partial charge on any atom is -0.481 e. The summed E-state index contributed by atoms with van der Waals surface area (Å²) >= 11 is 0. The number of carboxylic acid groups (broad SMARTS) is 1. The van der Waals surface area contributed by atoms with E-state index in [2.05, 4.69) is 15.5 Å². The van der Waals surface area contributed by atoms with Crippen LogP contribution in [0, 0.1) is 5.41 Å². The van der Waals surface area contributed by atoms with E-state index in [0.29, 0.717) is 18.7 Å². The number of carbonyl (C=O) groups is 2. The van der Waals surface area contributed by atoms with Crippen molar-refractivity contribution >= 4 is 17.7 Å². The van der Waals surface area contributed by atoms with Gasteiger partial charge in [-0.1, -0.05) is 19.8 Å². The predicted molar refractivity (Wildman–Crippen MR) is 69.7 cm³/mol. The molecule has 1 aromatic rings. The molecule has 1 aromatic heterocycles. The van der Waals surface area contributed by atoms with E-state index in [4.69, 9.17) is 0 Å². The van der Waals surface area contributed by atoms with Gasteiger partial charge >= 0.3 is 5.97 Å². The molecule has 0 unspecified atom stereocenters. The third-order valence-corrected chi connectivity index (χ3v) is 3.79. The van der Waals surface area contributed by atoms with Crippen LogP contribution in [0.4, 0.5) is 5.82 Å². The van der Waals surface area contributed by atoms with Gasteiger partial charge in [0.1, 0.15) is 0 Å². The molecule has 0 atom stereocenters. The van der Waals surface area contributed by atoms with Crippen LogP contribution in [0.3, 0.4) is 0 Å². The first-order valence-electron chi connectivity index (χ1n) is 6.63. The lowest BCUT2D eigenvalue weighted by molar-refractivity contribution is -0.150. The van der Waals surface area contributed by atoms with Crippen molar-refractivity contribution in [3.63, 3.8) is 0 Å². The summed E-state index contributed by atoms with van der Waals surface area (Å²) in [6.07, 6.45) is 3.75. The van der Waals surface area contributed by atoms with Crippen molar-refractivity contribution in [1.82, 2.24) is 10.2 Å². The Morgan fingerprint density at radius 1 is 1.47 bits per heavy atom. The Balaban J connectivity index is 1.98. The Morgan fingerprint density at radius 3 is 2.68 bits per heavy atom. The van der Waals surface area contributed by atoms with Gasteiger partial charge in [-0.05, 0) is 19.3 Å². The van der Waals surface area contributed by atoms with Gasteiger partial charge in [0.15, 0.2) is 5.82 Å². The fourth-order valence-electron chi connectivity index (χ4n) is 2.62. The molecule has 19 heavy (non-hydrogen) atoms. The summed E-state index contributed by atoms with van der Waals surface area (Å²) in [7, 11) is 0. The molecule has 0 aromatic carbocycles. The Labute approximate surface area is 111 Å². The Kier molecular flexibility index (Phi) is 3.87. The van der Waals surface area contributed by atoms with Gasteiger partial charge in [-0.15, -0.1) is 0 Å². The number of hydrogen-bond donors (Lipinski definition) is 3. The summed E-state index contributed by atoms with van der Waals surface area (Å²) in [6.45, 7) is 1.98. The van der Waals surface area contributed by atoms with Gasteiger partial charge in [0, 0.05) is 18.2 Å². The van der Waals surface area contributed by atoms with E-state index in [1.54, 1.807) is 6.07 Å². The van der Waals surface area contributed by atoms with Crippen LogP contribution in [0.25, 0.3) is 0 Å². The predicted octanol–water partition coefficient (Wildman–Crippen LogP) is 1.95. The number of rotatable bonds is 5. The molecule has 1 aliphatic rings. The zero-order valence-electron chi connectivity index (χ0n) is 11.0. The second-order valence-electron chi connectivity index (χ2n) is 5.15. The fourth-order valence-corrected chi connectivity index (χ4v) is 2.62. The number of aromatic nitrogens is 2. The van der Waals surface area contributed by atoms with E-state index < -0.39 is 11.4 Å². The summed E-state index contributed by atoms with van der Waals surface area (Å²) in [6, 6.07) is 1.76. The molecule has 0 aliphatic heterocycles. The normalized spacial score (nSPS) is 17.3. The van der Waals surface area contributed by atoms with Crippen molar-refractivity contribution in [3.8, 4) is 0 Å². The van der Waals surface area contributed by atoms with Crippen molar-refractivity contribution < 1.29 is 14.7 Å². The monoisotopic (exact) mass is 265 g/mol. The molecule has 0 spiro atoms. The van der Waals surface area contributed by atoms with Crippen LogP contribution in [0.15, 0.2) is 6.07 Å². The lowest BCUT2D eigenvalue weighted by Gasteiger charge is -2.22. The highest BCUT2D eigenvalue weighted by Crippen LogP contribution is 2.41. The molecule has 0 radical (unpaired) electrons. The molecular formula is C13H19N3O3. The molecule has 1 heterocycles. The third kappa shape index (κ3) is 2.94. The first-order valence-corrected chi connectivity index (χ1v) is 6.63. The van der Waals surface area contributed by atoms with Gasteiger partial charge in [-0.3, -0.25) is 14.7 Å². The molecule has 1 fully saturated rings. The Bertz CT molecular complexity index is 475. The number of nitrogens with one attached hydrogen (secondary N) is 2. The van der Waals surface area contributed by atoms with Gasteiger partial charge in [0.25, 0.3) is 0 Å². The summed E-state index contributed by atoms with van der Waals surface area (Å²) in [5.74, 6) is -0.685. The number of nitrogens with zero attached hydrogens (tertiary/aromatic N) is 1. The number of anilines is 1. The first-order chi connectivity index (χ1) is 9.05. The molecule has 1 amide bonds. The number of aromatic amines is 1. The van der Waals surface area contributed by atoms with Gasteiger partial charge in [-0.25, -0.2) is 0 Å². The maximum Gasteiger partial charge on any atom is 0.310 e. The SMILES string of the molecule is CCc1cc(NC(=O)CC2(C(=O)O)CCCC2)n[nH]1. The lowest BCUT2D eigenvalue weighted by Crippen LogP contribution is -2.32. The van der Waals surface area contributed by atoms with Crippen molar-refractivity contribution in [3.05, 3.63) is 11.8 Å². The maximum absolute atomic E-state index is 11.9. The van der Waals surface area contributed by atoms with Crippen LogP contribution >= 0.6 is 0 Å². The average molecular weight is 265 g/mol. The summed E-state index contributed by atoms with van der Waals surface area (Å²) in [4.78, 5) is 23.3. The molecule has 1 aliphatic carbocycles. The van der Waals surface area contributed by atoms with Crippen molar-refractivity contribution in [2.45, 2.75) is 45.4 Å². The van der Waals surface area contributed by atoms with Crippen LogP contribution in [0.5, 0.6) is 0 Å². The van der Waals surface area contributed by atoms with E-state index in [-0.39, 0.29) is 12.3 Å². The molecule has 2 rings (SSSR count). The smallest absolute Gasteiger partial charge is 0.310 e. The minimum absolute atomic E-state index is 0.0245. The summed E-state index contributed by atoms with van der Waals surface area (Å²) in [5.41, 5.74) is 0.0534. The Morgan fingerprint density at radius 2 is 2.16 bits per heavy atom. The summed E-state index contributed by atoms with van der Waals surface area (Å²) in [5, 5.41) is 18.7. The van der Waals surface area contributed by atoms with E-state index in [1.165, 1.54) is 0 Å². The second-order valence-corrected chi connectivity index (χ2v) is 5.15. The third-order valence-electron chi connectivity index (χ3n) is 3.79. The fraction of sp³-hybridized carbons (Fsp3) is 0.615. The van der Waals surface area contributed by atoms with Gasteiger partial charge in [0.2, 0.25) is 5.91 Å². The topological polar surface area (TPSA) is 95.1 Å². The minimum atomic E-state index is -0.881. The Hall–Kier alpha value is -1.85.